The molecule has 0 spiro atoms. The highest BCUT2D eigenvalue weighted by Crippen LogP contribution is 2.26. The van der Waals surface area contributed by atoms with E-state index in [4.69, 9.17) is 4.74 Å². The highest BCUT2D eigenvalue weighted by molar-refractivity contribution is 5.90. The molecule has 0 atom stereocenters. The van der Waals surface area contributed by atoms with E-state index in [1.807, 2.05) is 42.5 Å². The third-order valence-electron chi connectivity index (χ3n) is 4.64. The Hall–Kier alpha value is -3.34. The van der Waals surface area contributed by atoms with E-state index in [-0.39, 0.29) is 12.3 Å². The van der Waals surface area contributed by atoms with Gasteiger partial charge in [0, 0.05) is 5.69 Å². The fourth-order valence-electron chi connectivity index (χ4n) is 3.07. The van der Waals surface area contributed by atoms with E-state index in [0.29, 0.717) is 12.3 Å². The minimum Gasteiger partial charge on any atom is -0.493 e. The van der Waals surface area contributed by atoms with Crippen LogP contribution < -0.4 is 15.4 Å². The Morgan fingerprint density at radius 1 is 0.931 bits per heavy atom. The highest BCUT2D eigenvalue weighted by Gasteiger charge is 2.08. The molecule has 2 N–H and O–H groups in total. The van der Waals surface area contributed by atoms with E-state index < -0.39 is 0 Å². The monoisotopic (exact) mass is 389 g/mol. The predicted molar refractivity (Wildman–Crippen MR) is 118 cm³/mol. The van der Waals surface area contributed by atoms with Gasteiger partial charge in [-0.3, -0.25) is 4.79 Å². The third-order valence-corrected chi connectivity index (χ3v) is 4.64. The van der Waals surface area contributed by atoms with Crippen molar-refractivity contribution in [2.24, 2.45) is 0 Å². The number of hydrogen-bond donors (Lipinski definition) is 2. The molecular weight excluding hydrogens is 362 g/mol. The molecule has 0 bridgehead atoms. The standard InChI is InChI=1S/C24H27N3O2/c1-3-18-9-8-10-19(4-2)24(18)27-22-14-13-20(17-25-22)26-23(28)15-16-29-21-11-6-5-7-12-21/h5-14,17H,3-4,15-16H2,1-2H3,(H,25,27)(H,26,28). The van der Waals surface area contributed by atoms with Gasteiger partial charge >= 0.3 is 0 Å². The molecule has 1 heterocycles. The van der Waals surface area contributed by atoms with Crippen molar-refractivity contribution in [3.05, 3.63) is 78.0 Å². The van der Waals surface area contributed by atoms with Crippen LogP contribution in [0.3, 0.4) is 0 Å². The SMILES string of the molecule is CCc1cccc(CC)c1Nc1ccc(NC(=O)CCOc2ccccc2)cn1. The van der Waals surface area contributed by atoms with Gasteiger partial charge in [0.25, 0.3) is 0 Å². The molecule has 29 heavy (non-hydrogen) atoms. The first-order chi connectivity index (χ1) is 14.2. The van der Waals surface area contributed by atoms with Crippen LogP contribution in [-0.2, 0) is 17.6 Å². The summed E-state index contributed by atoms with van der Waals surface area (Å²) < 4.78 is 5.56. The van der Waals surface area contributed by atoms with E-state index in [9.17, 15) is 4.79 Å². The minimum atomic E-state index is -0.104. The van der Waals surface area contributed by atoms with E-state index in [1.165, 1.54) is 11.1 Å². The smallest absolute Gasteiger partial charge is 0.227 e. The van der Waals surface area contributed by atoms with Crippen LogP contribution in [0, 0.1) is 0 Å². The number of carbonyl (C=O) groups is 1. The molecular formula is C24H27N3O2. The van der Waals surface area contributed by atoms with Gasteiger partial charge in [-0.2, -0.15) is 0 Å². The van der Waals surface area contributed by atoms with E-state index >= 15 is 0 Å². The van der Waals surface area contributed by atoms with Crippen molar-refractivity contribution in [3.63, 3.8) is 0 Å². The van der Waals surface area contributed by atoms with Gasteiger partial charge in [0.1, 0.15) is 11.6 Å². The Kier molecular flexibility index (Phi) is 7.22. The van der Waals surface area contributed by atoms with Gasteiger partial charge in [-0.15, -0.1) is 0 Å². The van der Waals surface area contributed by atoms with Crippen molar-refractivity contribution >= 4 is 23.1 Å². The lowest BCUT2D eigenvalue weighted by Crippen LogP contribution is -2.15. The second-order valence-corrected chi connectivity index (χ2v) is 6.68. The van der Waals surface area contributed by atoms with Gasteiger partial charge in [-0.25, -0.2) is 4.98 Å². The summed E-state index contributed by atoms with van der Waals surface area (Å²) in [5, 5.41) is 6.29. The maximum atomic E-state index is 12.1. The molecule has 5 nitrogen and oxygen atoms in total. The Labute approximate surface area is 172 Å². The van der Waals surface area contributed by atoms with Gasteiger partial charge in [-0.05, 0) is 48.2 Å². The topological polar surface area (TPSA) is 63.2 Å². The van der Waals surface area contributed by atoms with Gasteiger partial charge in [0.15, 0.2) is 0 Å². The molecule has 0 unspecified atom stereocenters. The largest absolute Gasteiger partial charge is 0.493 e. The van der Waals surface area contributed by atoms with Crippen LogP contribution in [0.4, 0.5) is 17.2 Å². The first kappa shape index (κ1) is 20.4. The Morgan fingerprint density at radius 2 is 1.66 bits per heavy atom. The van der Waals surface area contributed by atoms with Crippen LogP contribution in [-0.4, -0.2) is 17.5 Å². The molecule has 150 valence electrons. The van der Waals surface area contributed by atoms with Crippen LogP contribution in [0.2, 0.25) is 0 Å². The number of hydrogen-bond acceptors (Lipinski definition) is 4. The molecule has 3 aromatic rings. The normalized spacial score (nSPS) is 10.4. The van der Waals surface area contributed by atoms with Crippen molar-refractivity contribution in [1.82, 2.24) is 4.98 Å². The lowest BCUT2D eigenvalue weighted by Gasteiger charge is -2.15. The average molecular weight is 389 g/mol. The number of benzene rings is 2. The van der Waals surface area contributed by atoms with Gasteiger partial charge < -0.3 is 15.4 Å². The number of ether oxygens (including phenoxy) is 1. The molecule has 1 amide bonds. The van der Waals surface area contributed by atoms with Crippen molar-refractivity contribution in [2.45, 2.75) is 33.1 Å². The lowest BCUT2D eigenvalue weighted by atomic mass is 10.0. The second-order valence-electron chi connectivity index (χ2n) is 6.68. The van der Waals surface area contributed by atoms with Crippen molar-refractivity contribution in [3.8, 4) is 5.75 Å². The second kappa shape index (κ2) is 10.3. The highest BCUT2D eigenvalue weighted by atomic mass is 16.5. The van der Waals surface area contributed by atoms with Gasteiger partial charge in [0.05, 0.1) is 24.9 Å². The zero-order chi connectivity index (χ0) is 20.5. The van der Waals surface area contributed by atoms with Crippen LogP contribution >= 0.6 is 0 Å². The quantitative estimate of drug-likeness (QED) is 0.517. The molecule has 0 saturated carbocycles. The van der Waals surface area contributed by atoms with E-state index in [0.717, 1.165) is 30.1 Å². The van der Waals surface area contributed by atoms with Crippen LogP contribution in [0.5, 0.6) is 5.75 Å². The third kappa shape index (κ3) is 5.82. The Bertz CT molecular complexity index is 902. The van der Waals surface area contributed by atoms with E-state index in [2.05, 4.69) is 47.7 Å². The molecule has 0 aliphatic carbocycles. The Morgan fingerprint density at radius 3 is 2.28 bits per heavy atom. The predicted octanol–water partition coefficient (Wildman–Crippen LogP) is 5.36. The number of anilines is 3. The van der Waals surface area contributed by atoms with Crippen LogP contribution in [0.25, 0.3) is 0 Å². The summed E-state index contributed by atoms with van der Waals surface area (Å²) in [4.78, 5) is 16.6. The summed E-state index contributed by atoms with van der Waals surface area (Å²) in [5.74, 6) is 1.41. The summed E-state index contributed by atoms with van der Waals surface area (Å²) in [6.07, 6.45) is 3.85. The molecule has 0 fully saturated rings. The zero-order valence-corrected chi connectivity index (χ0v) is 16.9. The average Bonchev–Trinajstić information content (AvgIpc) is 2.76. The molecule has 0 radical (unpaired) electrons. The fourth-order valence-corrected chi connectivity index (χ4v) is 3.07. The van der Waals surface area contributed by atoms with Crippen molar-refractivity contribution in [1.29, 1.82) is 0 Å². The molecule has 2 aromatic carbocycles. The van der Waals surface area contributed by atoms with Crippen LogP contribution in [0.1, 0.15) is 31.4 Å². The summed E-state index contributed by atoms with van der Waals surface area (Å²) in [6.45, 7) is 4.62. The maximum Gasteiger partial charge on any atom is 0.227 e. The minimum absolute atomic E-state index is 0.104. The number of nitrogens with one attached hydrogen (secondary N) is 2. The number of amides is 1. The molecule has 0 aliphatic rings. The number of aryl methyl sites for hydroxylation is 2. The molecule has 3 rings (SSSR count). The lowest BCUT2D eigenvalue weighted by molar-refractivity contribution is -0.116. The Balaban J connectivity index is 1.54. The molecule has 5 heteroatoms. The number of rotatable bonds is 9. The molecule has 1 aromatic heterocycles. The van der Waals surface area contributed by atoms with Crippen molar-refractivity contribution < 1.29 is 9.53 Å². The van der Waals surface area contributed by atoms with Gasteiger partial charge in [0.2, 0.25) is 5.91 Å². The number of carbonyl (C=O) groups excluding carboxylic acids is 1. The summed E-state index contributed by atoms with van der Waals surface area (Å²) in [7, 11) is 0. The zero-order valence-electron chi connectivity index (χ0n) is 16.9. The van der Waals surface area contributed by atoms with Gasteiger partial charge in [-0.1, -0.05) is 50.2 Å². The molecule has 0 saturated heterocycles. The summed E-state index contributed by atoms with van der Waals surface area (Å²) >= 11 is 0. The fraction of sp³-hybridized carbons (Fsp3) is 0.250. The number of pyridine rings is 1. The first-order valence-electron chi connectivity index (χ1n) is 10.0. The summed E-state index contributed by atoms with van der Waals surface area (Å²) in [5.41, 5.74) is 4.32. The number of para-hydroxylation sites is 2. The van der Waals surface area contributed by atoms with Crippen molar-refractivity contribution in [2.75, 3.05) is 17.2 Å². The number of nitrogens with zero attached hydrogens (tertiary/aromatic N) is 1. The first-order valence-corrected chi connectivity index (χ1v) is 10.0. The van der Waals surface area contributed by atoms with Crippen LogP contribution in [0.15, 0.2) is 66.9 Å². The maximum absolute atomic E-state index is 12.1. The summed E-state index contributed by atoms with van der Waals surface area (Å²) in [6, 6.07) is 19.6. The number of aromatic nitrogens is 1. The van der Waals surface area contributed by atoms with E-state index in [1.54, 1.807) is 6.20 Å². The molecule has 0 aliphatic heterocycles.